The highest BCUT2D eigenvalue weighted by Crippen LogP contribution is 2.35. The molecule has 1 saturated carbocycles. The minimum absolute atomic E-state index is 0.00292. The molecular weight excluding hydrogens is 654 g/mol. The molecule has 2 saturated heterocycles. The molecule has 278 valence electrons. The summed E-state index contributed by atoms with van der Waals surface area (Å²) in [5, 5.41) is 8.43. The van der Waals surface area contributed by atoms with Crippen LogP contribution in [0.3, 0.4) is 0 Å². The highest BCUT2D eigenvalue weighted by atomic mass is 32.2. The molecule has 2 heterocycles. The first kappa shape index (κ1) is 40.2. The Kier molecular flexibility index (Phi) is 12.6. The molecule has 15 nitrogen and oxygen atoms in total. The fourth-order valence-electron chi connectivity index (χ4n) is 6.78. The first-order valence-electron chi connectivity index (χ1n) is 17.3. The smallest absolute Gasteiger partial charge is 0.315 e. The van der Waals surface area contributed by atoms with Crippen LogP contribution >= 0.6 is 0 Å². The maximum absolute atomic E-state index is 14.4. The quantitative estimate of drug-likeness (QED) is 0.215. The molecule has 0 aromatic rings. The average molecular weight is 712 g/mol. The third-order valence-electron chi connectivity index (χ3n) is 10.2. The predicted molar refractivity (Wildman–Crippen MR) is 183 cm³/mol. The highest BCUT2D eigenvalue weighted by Gasteiger charge is 2.48. The summed E-state index contributed by atoms with van der Waals surface area (Å²) in [5.74, 6) is -3.65. The average Bonchev–Trinajstić information content (AvgIpc) is 3.51. The van der Waals surface area contributed by atoms with E-state index in [1.54, 1.807) is 20.8 Å². The number of primary amides is 1. The maximum Gasteiger partial charge on any atom is 0.315 e. The van der Waals surface area contributed by atoms with E-state index in [0.717, 1.165) is 27.9 Å². The van der Waals surface area contributed by atoms with E-state index in [-0.39, 0.29) is 43.9 Å². The van der Waals surface area contributed by atoms with Gasteiger partial charge in [0.2, 0.25) is 23.5 Å². The number of amides is 6. The van der Waals surface area contributed by atoms with Crippen LogP contribution in [0.4, 0.5) is 4.79 Å². The van der Waals surface area contributed by atoms with Crippen molar-refractivity contribution in [3.63, 3.8) is 0 Å². The summed E-state index contributed by atoms with van der Waals surface area (Å²) in [7, 11) is -4.04. The van der Waals surface area contributed by atoms with E-state index >= 15 is 0 Å². The third-order valence-corrected chi connectivity index (χ3v) is 12.1. The van der Waals surface area contributed by atoms with Crippen molar-refractivity contribution >= 4 is 45.7 Å². The van der Waals surface area contributed by atoms with Crippen molar-refractivity contribution in [2.75, 3.05) is 26.2 Å². The minimum Gasteiger partial charge on any atom is -0.363 e. The van der Waals surface area contributed by atoms with Gasteiger partial charge in [0, 0.05) is 32.6 Å². The Morgan fingerprint density at radius 3 is 1.92 bits per heavy atom. The largest absolute Gasteiger partial charge is 0.363 e. The number of carbonyl (C=O) groups excluding carboxylic acids is 6. The van der Waals surface area contributed by atoms with Crippen LogP contribution in [-0.2, 0) is 34.2 Å². The summed E-state index contributed by atoms with van der Waals surface area (Å²) >= 11 is 0. The highest BCUT2D eigenvalue weighted by molar-refractivity contribution is 7.87. The van der Waals surface area contributed by atoms with Gasteiger partial charge in [-0.3, -0.25) is 24.0 Å². The summed E-state index contributed by atoms with van der Waals surface area (Å²) in [6.45, 7) is 16.2. The lowest BCUT2D eigenvalue weighted by Gasteiger charge is -2.38. The van der Waals surface area contributed by atoms with Crippen LogP contribution in [0.2, 0.25) is 0 Å². The molecule has 0 spiro atoms. The molecule has 5 atom stereocenters. The van der Waals surface area contributed by atoms with Crippen LogP contribution in [-0.4, -0.2) is 108 Å². The lowest BCUT2D eigenvalue weighted by molar-refractivity contribution is -0.144. The van der Waals surface area contributed by atoms with Gasteiger partial charge < -0.3 is 26.6 Å². The number of urea groups is 1. The second-order valence-corrected chi connectivity index (χ2v) is 18.1. The summed E-state index contributed by atoms with van der Waals surface area (Å²) in [6.07, 6.45) is 3.62. The van der Waals surface area contributed by atoms with Crippen molar-refractivity contribution in [3.8, 4) is 0 Å². The van der Waals surface area contributed by atoms with Crippen molar-refractivity contribution < 1.29 is 37.2 Å². The fourth-order valence-corrected chi connectivity index (χ4v) is 8.35. The Bertz CT molecular complexity index is 1400. The van der Waals surface area contributed by atoms with Gasteiger partial charge >= 0.3 is 16.2 Å². The third kappa shape index (κ3) is 9.50. The second-order valence-electron chi connectivity index (χ2n) is 16.3. The number of rotatable bonds is 12. The Morgan fingerprint density at radius 2 is 1.47 bits per heavy atom. The first-order chi connectivity index (χ1) is 22.5. The lowest BCUT2D eigenvalue weighted by atomic mass is 9.80. The molecule has 1 aliphatic carbocycles. The summed E-state index contributed by atoms with van der Waals surface area (Å²) in [4.78, 5) is 79.8. The number of nitrogens with one attached hydrogen (secondary N) is 3. The van der Waals surface area contributed by atoms with Crippen molar-refractivity contribution in [3.05, 3.63) is 0 Å². The van der Waals surface area contributed by atoms with Gasteiger partial charge in [-0.2, -0.15) is 12.7 Å². The molecule has 6 amide bonds. The number of Topliss-reactive ketones (excluding diaryl/α,β-unsaturated/α-hetero) is 1. The topological polar surface area (TPSA) is 208 Å². The van der Waals surface area contributed by atoms with Gasteiger partial charge in [-0.1, -0.05) is 74.7 Å². The normalized spacial score (nSPS) is 23.4. The zero-order valence-electron chi connectivity index (χ0n) is 30.5. The zero-order chi connectivity index (χ0) is 37.2. The van der Waals surface area contributed by atoms with E-state index in [1.165, 1.54) is 11.8 Å². The second kappa shape index (κ2) is 15.3. The maximum atomic E-state index is 14.4. The van der Waals surface area contributed by atoms with Crippen LogP contribution in [0.25, 0.3) is 0 Å². The molecule has 0 aromatic carbocycles. The molecular formula is C33H57N7O8S. The van der Waals surface area contributed by atoms with Crippen molar-refractivity contribution in [1.82, 2.24) is 29.5 Å². The minimum atomic E-state index is -4.04. The van der Waals surface area contributed by atoms with Crippen molar-refractivity contribution in [1.29, 1.82) is 0 Å². The van der Waals surface area contributed by atoms with Gasteiger partial charge in [-0.25, -0.2) is 9.10 Å². The molecule has 0 radical (unpaired) electrons. The van der Waals surface area contributed by atoms with Gasteiger partial charge in [-0.15, -0.1) is 0 Å². The fraction of sp³-hybridized carbons (Fsp3) is 0.818. The van der Waals surface area contributed by atoms with Gasteiger partial charge in [0.1, 0.15) is 12.1 Å². The number of nitrogens with zero attached hydrogens (tertiary/aromatic N) is 3. The van der Waals surface area contributed by atoms with Gasteiger partial charge in [0.25, 0.3) is 5.91 Å². The van der Waals surface area contributed by atoms with E-state index in [0.29, 0.717) is 12.8 Å². The van der Waals surface area contributed by atoms with E-state index in [1.807, 2.05) is 34.6 Å². The zero-order valence-corrected chi connectivity index (χ0v) is 31.3. The van der Waals surface area contributed by atoms with Crippen LogP contribution < -0.4 is 21.7 Å². The van der Waals surface area contributed by atoms with E-state index < -0.39 is 80.6 Å². The van der Waals surface area contributed by atoms with Gasteiger partial charge in [0.15, 0.2) is 0 Å². The number of carbonyl (C=O) groups is 6. The van der Waals surface area contributed by atoms with E-state index in [4.69, 9.17) is 5.73 Å². The molecule has 3 fully saturated rings. The molecule has 2 unspecified atom stereocenters. The van der Waals surface area contributed by atoms with Crippen LogP contribution in [0, 0.1) is 28.6 Å². The SMILES string of the molecule is CC(=O)N1CCN(C[C@@H](NC(=O)N[C@H](C(=O)N2CCC(C(C)C)[C@H]2C(=O)NC(CC2CCC2)C(=O)C(N)=O)C(C)(C)C)C(C)(C)C)S1(=O)=O. The Hall–Kier alpha value is -3.27. The lowest BCUT2D eigenvalue weighted by Crippen LogP contribution is -2.62. The van der Waals surface area contributed by atoms with Crippen LogP contribution in [0.1, 0.15) is 94.4 Å². The Balaban J connectivity index is 1.83. The molecule has 3 rings (SSSR count). The number of ketones is 1. The number of likely N-dealkylation sites (tertiary alicyclic amines) is 1. The monoisotopic (exact) mass is 711 g/mol. The summed E-state index contributed by atoms with van der Waals surface area (Å²) in [5.41, 5.74) is 3.91. The van der Waals surface area contributed by atoms with Crippen LogP contribution in [0.5, 0.6) is 0 Å². The molecule has 2 aliphatic heterocycles. The molecule has 0 bridgehead atoms. The predicted octanol–water partition coefficient (Wildman–Crippen LogP) is 1.13. The first-order valence-corrected chi connectivity index (χ1v) is 18.7. The van der Waals surface area contributed by atoms with Crippen molar-refractivity contribution in [2.45, 2.75) is 119 Å². The summed E-state index contributed by atoms with van der Waals surface area (Å²) < 4.78 is 27.9. The van der Waals surface area contributed by atoms with E-state index in [2.05, 4.69) is 16.0 Å². The summed E-state index contributed by atoms with van der Waals surface area (Å²) in [6, 6.07) is -4.51. The molecule has 49 heavy (non-hydrogen) atoms. The Morgan fingerprint density at radius 1 is 0.857 bits per heavy atom. The standard InChI is InChI=1S/C33H57N7O8S/c1-19(2)22-13-14-39(25(22)29(44)35-23(26(42)28(34)43)17-21-11-10-12-21)30(45)27(33(7,8)9)37-31(46)36-24(32(4,5)6)18-38-15-16-40(20(3)41)49(38,47)48/h19,21-25,27H,10-18H2,1-9H3,(H2,34,43)(H,35,44)(H2,36,37,46)/t22?,23?,24-,25+,27-/m1/s1. The number of hydrogen-bond donors (Lipinski definition) is 4. The van der Waals surface area contributed by atoms with Gasteiger partial charge in [0.05, 0.1) is 12.6 Å². The molecule has 3 aliphatic rings. The Labute approximate surface area is 291 Å². The van der Waals surface area contributed by atoms with E-state index in [9.17, 15) is 37.2 Å². The van der Waals surface area contributed by atoms with Crippen molar-refractivity contribution in [2.24, 2.45) is 34.3 Å². The van der Waals surface area contributed by atoms with Gasteiger partial charge in [-0.05, 0) is 41.4 Å². The molecule has 5 N–H and O–H groups in total. The molecule has 16 heteroatoms. The number of nitrogens with two attached hydrogens (primary N) is 1. The van der Waals surface area contributed by atoms with Crippen LogP contribution in [0.15, 0.2) is 0 Å². The number of hydrogen-bond acceptors (Lipinski definition) is 8. The molecule has 0 aromatic heterocycles.